The fourth-order valence-corrected chi connectivity index (χ4v) is 1.79. The monoisotopic (exact) mass is 299 g/mol. The van der Waals surface area contributed by atoms with Crippen LogP contribution in [0, 0.1) is 5.82 Å². The van der Waals surface area contributed by atoms with Gasteiger partial charge in [-0.3, -0.25) is 0 Å². The summed E-state index contributed by atoms with van der Waals surface area (Å²) in [5.74, 6) is -0.318. The molecule has 0 fully saturated rings. The van der Waals surface area contributed by atoms with Crippen LogP contribution in [0.5, 0.6) is 0 Å². The number of nitrogens with zero attached hydrogens (tertiary/aromatic N) is 2. The average molecular weight is 300 g/mol. The van der Waals surface area contributed by atoms with Crippen LogP contribution < -0.4 is 5.73 Å². The maximum Gasteiger partial charge on any atom is 0.261 e. The van der Waals surface area contributed by atoms with Crippen LogP contribution in [0.1, 0.15) is 19.7 Å². The van der Waals surface area contributed by atoms with Crippen molar-refractivity contribution in [2.45, 2.75) is 19.4 Å². The third kappa shape index (κ3) is 2.98. The zero-order valence-electron chi connectivity index (χ0n) is 11.2. The maximum atomic E-state index is 13.9. The van der Waals surface area contributed by atoms with E-state index in [1.54, 1.807) is 13.0 Å². The fraction of sp³-hybridized carbons (Fsp3) is 0.385. The number of hydrogen-bond donors (Lipinski definition) is 1. The van der Waals surface area contributed by atoms with Crippen molar-refractivity contribution in [2.24, 2.45) is 5.73 Å². The Hall–Kier alpha value is -1.50. The first kappa shape index (κ1) is 14.9. The third-order valence-corrected chi connectivity index (χ3v) is 3.02. The summed E-state index contributed by atoms with van der Waals surface area (Å²) in [4.78, 5) is 4.13. The van der Waals surface area contributed by atoms with E-state index in [1.807, 2.05) is 6.92 Å². The number of benzene rings is 1. The molecule has 0 bridgehead atoms. The van der Waals surface area contributed by atoms with Gasteiger partial charge in [-0.1, -0.05) is 22.8 Å². The van der Waals surface area contributed by atoms with Gasteiger partial charge in [0.2, 0.25) is 0 Å². The molecular weight excluding hydrogens is 285 g/mol. The Morgan fingerprint density at radius 3 is 2.95 bits per heavy atom. The van der Waals surface area contributed by atoms with E-state index in [1.165, 1.54) is 12.1 Å². The topological polar surface area (TPSA) is 74.2 Å². The molecule has 2 N–H and O–H groups in total. The summed E-state index contributed by atoms with van der Waals surface area (Å²) in [5, 5.41) is 3.78. The largest absolute Gasteiger partial charge is 0.379 e. The van der Waals surface area contributed by atoms with Gasteiger partial charge in [-0.25, -0.2) is 4.39 Å². The SMILES string of the molecule is CCOCC(C)(N)c1noc(-c2cccc(Cl)c2F)n1. The Bertz CT molecular complexity index is 601. The normalized spacial score (nSPS) is 14.2. The van der Waals surface area contributed by atoms with Crippen LogP contribution in [0.3, 0.4) is 0 Å². The smallest absolute Gasteiger partial charge is 0.261 e. The molecule has 1 aromatic carbocycles. The predicted octanol–water partition coefficient (Wildman–Crippen LogP) is 2.74. The van der Waals surface area contributed by atoms with Crippen molar-refractivity contribution in [1.82, 2.24) is 10.1 Å². The van der Waals surface area contributed by atoms with Gasteiger partial charge in [-0.15, -0.1) is 0 Å². The summed E-state index contributed by atoms with van der Waals surface area (Å²) in [6, 6.07) is 4.56. The number of aromatic nitrogens is 2. The number of ether oxygens (including phenoxy) is 1. The van der Waals surface area contributed by atoms with Crippen molar-refractivity contribution >= 4 is 11.6 Å². The van der Waals surface area contributed by atoms with Crippen molar-refractivity contribution in [2.75, 3.05) is 13.2 Å². The van der Waals surface area contributed by atoms with Gasteiger partial charge in [-0.2, -0.15) is 4.98 Å². The van der Waals surface area contributed by atoms with Crippen LogP contribution in [-0.2, 0) is 10.3 Å². The van der Waals surface area contributed by atoms with Gasteiger partial charge in [0, 0.05) is 6.61 Å². The lowest BCUT2D eigenvalue weighted by Gasteiger charge is -2.19. The summed E-state index contributed by atoms with van der Waals surface area (Å²) >= 11 is 5.72. The summed E-state index contributed by atoms with van der Waals surface area (Å²) in [6.07, 6.45) is 0. The second-order valence-corrected chi connectivity index (χ2v) is 4.99. The summed E-state index contributed by atoms with van der Waals surface area (Å²) in [7, 11) is 0. The molecule has 0 radical (unpaired) electrons. The van der Waals surface area contributed by atoms with E-state index in [0.717, 1.165) is 0 Å². The van der Waals surface area contributed by atoms with Crippen LogP contribution in [0.25, 0.3) is 11.5 Å². The first-order chi connectivity index (χ1) is 9.45. The van der Waals surface area contributed by atoms with Crippen molar-refractivity contribution in [3.8, 4) is 11.5 Å². The van der Waals surface area contributed by atoms with E-state index < -0.39 is 11.4 Å². The standard InChI is InChI=1S/C13H15ClFN3O2/c1-3-19-7-13(2,16)12-17-11(20-18-12)8-5-4-6-9(14)10(8)15/h4-6H,3,7,16H2,1-2H3. The van der Waals surface area contributed by atoms with Gasteiger partial charge in [0.25, 0.3) is 5.89 Å². The van der Waals surface area contributed by atoms with Crippen LogP contribution in [0.2, 0.25) is 5.02 Å². The van der Waals surface area contributed by atoms with Gasteiger partial charge in [-0.05, 0) is 26.0 Å². The van der Waals surface area contributed by atoms with Crippen molar-refractivity contribution in [3.05, 3.63) is 34.9 Å². The average Bonchev–Trinajstić information content (AvgIpc) is 2.90. The Labute approximate surface area is 120 Å². The molecule has 108 valence electrons. The summed E-state index contributed by atoms with van der Waals surface area (Å²) < 4.78 is 24.2. The molecule has 20 heavy (non-hydrogen) atoms. The molecule has 0 aliphatic heterocycles. The summed E-state index contributed by atoms with van der Waals surface area (Å²) in [5.41, 5.74) is 5.29. The molecule has 2 aromatic rings. The molecule has 0 amide bonds. The Kier molecular flexibility index (Phi) is 4.37. The van der Waals surface area contributed by atoms with Gasteiger partial charge in [0.05, 0.1) is 17.2 Å². The highest BCUT2D eigenvalue weighted by Gasteiger charge is 2.28. The molecular formula is C13H15ClFN3O2. The fourth-order valence-electron chi connectivity index (χ4n) is 1.61. The van der Waals surface area contributed by atoms with Gasteiger partial charge >= 0.3 is 0 Å². The predicted molar refractivity (Wildman–Crippen MR) is 72.7 cm³/mol. The first-order valence-electron chi connectivity index (χ1n) is 6.11. The molecule has 0 aliphatic carbocycles. The number of hydrogen-bond acceptors (Lipinski definition) is 5. The molecule has 1 heterocycles. The van der Waals surface area contributed by atoms with E-state index in [-0.39, 0.29) is 28.9 Å². The second kappa shape index (κ2) is 5.87. The first-order valence-corrected chi connectivity index (χ1v) is 6.48. The maximum absolute atomic E-state index is 13.9. The Morgan fingerprint density at radius 2 is 2.25 bits per heavy atom. The van der Waals surface area contributed by atoms with Gasteiger partial charge in [0.1, 0.15) is 5.54 Å². The Morgan fingerprint density at radius 1 is 1.50 bits per heavy atom. The quantitative estimate of drug-likeness (QED) is 0.919. The highest BCUT2D eigenvalue weighted by Crippen LogP contribution is 2.27. The molecule has 0 spiro atoms. The van der Waals surface area contributed by atoms with E-state index in [4.69, 9.17) is 26.6 Å². The van der Waals surface area contributed by atoms with Gasteiger partial charge < -0.3 is 15.0 Å². The van der Waals surface area contributed by atoms with Gasteiger partial charge in [0.15, 0.2) is 11.6 Å². The van der Waals surface area contributed by atoms with E-state index >= 15 is 0 Å². The highest BCUT2D eigenvalue weighted by molar-refractivity contribution is 6.31. The zero-order valence-corrected chi connectivity index (χ0v) is 11.9. The lowest BCUT2D eigenvalue weighted by molar-refractivity contribution is 0.0962. The third-order valence-electron chi connectivity index (χ3n) is 2.72. The summed E-state index contributed by atoms with van der Waals surface area (Å²) in [6.45, 7) is 4.34. The molecule has 1 atom stereocenters. The molecule has 7 heteroatoms. The number of rotatable bonds is 5. The minimum absolute atomic E-state index is 0.00734. The van der Waals surface area contributed by atoms with Crippen molar-refractivity contribution < 1.29 is 13.7 Å². The van der Waals surface area contributed by atoms with E-state index in [2.05, 4.69) is 10.1 Å². The van der Waals surface area contributed by atoms with Crippen LogP contribution in [-0.4, -0.2) is 23.4 Å². The Balaban J connectivity index is 2.31. The highest BCUT2D eigenvalue weighted by atomic mass is 35.5. The number of nitrogens with two attached hydrogens (primary N) is 1. The van der Waals surface area contributed by atoms with Crippen molar-refractivity contribution in [1.29, 1.82) is 0 Å². The lowest BCUT2D eigenvalue weighted by atomic mass is 10.1. The molecule has 5 nitrogen and oxygen atoms in total. The van der Waals surface area contributed by atoms with Crippen LogP contribution in [0.4, 0.5) is 4.39 Å². The van der Waals surface area contributed by atoms with Crippen LogP contribution >= 0.6 is 11.6 Å². The lowest BCUT2D eigenvalue weighted by Crippen LogP contribution is -2.39. The molecule has 1 unspecified atom stereocenters. The number of halogens is 2. The molecule has 0 saturated heterocycles. The molecule has 1 aromatic heterocycles. The molecule has 0 aliphatic rings. The van der Waals surface area contributed by atoms with E-state index in [0.29, 0.717) is 6.61 Å². The zero-order chi connectivity index (χ0) is 14.8. The minimum Gasteiger partial charge on any atom is -0.379 e. The molecule has 0 saturated carbocycles. The second-order valence-electron chi connectivity index (χ2n) is 4.58. The minimum atomic E-state index is -0.910. The van der Waals surface area contributed by atoms with Crippen molar-refractivity contribution in [3.63, 3.8) is 0 Å². The van der Waals surface area contributed by atoms with Crippen LogP contribution in [0.15, 0.2) is 22.7 Å². The molecule has 2 rings (SSSR count). The van der Waals surface area contributed by atoms with E-state index in [9.17, 15) is 4.39 Å².